The van der Waals surface area contributed by atoms with E-state index in [4.69, 9.17) is 16.3 Å². The van der Waals surface area contributed by atoms with E-state index in [0.29, 0.717) is 22.0 Å². The van der Waals surface area contributed by atoms with Crippen LogP contribution in [0.5, 0.6) is 5.75 Å². The molecule has 0 saturated heterocycles. The van der Waals surface area contributed by atoms with Crippen LogP contribution in [-0.4, -0.2) is 50.9 Å². The number of sulfonamides is 1. The summed E-state index contributed by atoms with van der Waals surface area (Å²) in [7, 11) is -2.63. The van der Waals surface area contributed by atoms with Crippen LogP contribution in [0.1, 0.15) is 43.7 Å². The summed E-state index contributed by atoms with van der Waals surface area (Å²) in [6.45, 7) is 3.05. The lowest BCUT2D eigenvalue weighted by molar-refractivity contribution is -0.139. The monoisotopic (exact) mass is 597 g/mol. The van der Waals surface area contributed by atoms with Crippen molar-refractivity contribution in [3.05, 3.63) is 88.9 Å². The molecule has 0 bridgehead atoms. The predicted octanol–water partition coefficient (Wildman–Crippen LogP) is 5.33. The zero-order chi connectivity index (χ0) is 29.6. The Kier molecular flexibility index (Phi) is 9.94. The first-order valence-electron chi connectivity index (χ1n) is 13.7. The van der Waals surface area contributed by atoms with Gasteiger partial charge in [-0.15, -0.1) is 0 Å². The van der Waals surface area contributed by atoms with E-state index < -0.39 is 28.5 Å². The van der Waals surface area contributed by atoms with Gasteiger partial charge in [-0.25, -0.2) is 8.42 Å². The Hall–Kier alpha value is -3.56. The Morgan fingerprint density at radius 3 is 2.24 bits per heavy atom. The molecule has 1 aliphatic carbocycles. The Morgan fingerprint density at radius 2 is 1.63 bits per heavy atom. The number of hydrogen-bond donors (Lipinski definition) is 1. The maximum Gasteiger partial charge on any atom is 0.264 e. The quantitative estimate of drug-likeness (QED) is 0.322. The summed E-state index contributed by atoms with van der Waals surface area (Å²) < 4.78 is 34.2. The highest BCUT2D eigenvalue weighted by Crippen LogP contribution is 2.27. The standard InChI is InChI=1S/C31H36ClN3O5S/c1-22-12-18-28(19-13-22)41(38,39)35(26-14-16-27(40-3)17-15-26)21-30(36)34(20-24-8-4-7-11-29(24)32)23(2)31(37)33-25-9-5-6-10-25/h4,7-8,11-19,23,25H,5-6,9-10,20-21H2,1-3H3,(H,33,37)/t23-/m0/s1. The van der Waals surface area contributed by atoms with Gasteiger partial charge in [0.05, 0.1) is 17.7 Å². The molecule has 218 valence electrons. The molecule has 1 fully saturated rings. The molecule has 0 radical (unpaired) electrons. The van der Waals surface area contributed by atoms with Gasteiger partial charge in [0.2, 0.25) is 11.8 Å². The normalized spacial score (nSPS) is 14.3. The number of halogens is 1. The molecule has 1 aliphatic rings. The highest BCUT2D eigenvalue weighted by atomic mass is 35.5. The highest BCUT2D eigenvalue weighted by Gasteiger charge is 2.33. The summed E-state index contributed by atoms with van der Waals surface area (Å²) >= 11 is 6.43. The number of nitrogens with one attached hydrogen (secondary N) is 1. The average Bonchev–Trinajstić information content (AvgIpc) is 3.48. The Balaban J connectivity index is 1.69. The smallest absolute Gasteiger partial charge is 0.264 e. The van der Waals surface area contributed by atoms with E-state index in [0.717, 1.165) is 35.6 Å². The molecule has 3 aromatic carbocycles. The van der Waals surface area contributed by atoms with Gasteiger partial charge in [-0.05, 0) is 74.7 Å². The molecule has 0 aromatic heterocycles. The van der Waals surface area contributed by atoms with Crippen molar-refractivity contribution in [1.82, 2.24) is 10.2 Å². The van der Waals surface area contributed by atoms with E-state index in [-0.39, 0.29) is 23.4 Å². The molecule has 2 amide bonds. The Labute approximate surface area is 247 Å². The molecule has 1 saturated carbocycles. The zero-order valence-corrected chi connectivity index (χ0v) is 25.1. The second kappa shape index (κ2) is 13.4. The fourth-order valence-electron chi connectivity index (χ4n) is 4.90. The molecular weight excluding hydrogens is 562 g/mol. The molecule has 1 atom stereocenters. The Bertz CT molecular complexity index is 1460. The van der Waals surface area contributed by atoms with Gasteiger partial charge >= 0.3 is 0 Å². The number of carbonyl (C=O) groups excluding carboxylic acids is 2. The van der Waals surface area contributed by atoms with Crippen molar-refractivity contribution < 1.29 is 22.7 Å². The van der Waals surface area contributed by atoms with Gasteiger partial charge in [-0.3, -0.25) is 13.9 Å². The van der Waals surface area contributed by atoms with Crippen LogP contribution in [-0.2, 0) is 26.2 Å². The summed E-state index contributed by atoms with van der Waals surface area (Å²) in [5.41, 5.74) is 1.85. The van der Waals surface area contributed by atoms with Crippen molar-refractivity contribution in [3.63, 3.8) is 0 Å². The van der Waals surface area contributed by atoms with Crippen LogP contribution in [0.25, 0.3) is 0 Å². The number of hydrogen-bond acceptors (Lipinski definition) is 5. The third-order valence-corrected chi connectivity index (χ3v) is 9.57. The molecular formula is C31H36ClN3O5S. The first-order valence-corrected chi connectivity index (χ1v) is 15.5. The number of methoxy groups -OCH3 is 1. The van der Waals surface area contributed by atoms with Gasteiger partial charge < -0.3 is 15.0 Å². The summed E-state index contributed by atoms with van der Waals surface area (Å²) in [6.07, 6.45) is 3.90. The van der Waals surface area contributed by atoms with Gasteiger partial charge in [0, 0.05) is 17.6 Å². The summed E-state index contributed by atoms with van der Waals surface area (Å²) in [5.74, 6) is -0.273. The second-order valence-electron chi connectivity index (χ2n) is 10.3. The van der Waals surface area contributed by atoms with Crippen LogP contribution in [0.4, 0.5) is 5.69 Å². The van der Waals surface area contributed by atoms with E-state index in [1.807, 2.05) is 6.92 Å². The van der Waals surface area contributed by atoms with Crippen LogP contribution in [0.15, 0.2) is 77.7 Å². The fourth-order valence-corrected chi connectivity index (χ4v) is 6.51. The minimum absolute atomic E-state index is 0.0405. The fraction of sp³-hybridized carbons (Fsp3) is 0.355. The van der Waals surface area contributed by atoms with Crippen LogP contribution in [0, 0.1) is 6.92 Å². The van der Waals surface area contributed by atoms with Gasteiger partial charge in [-0.2, -0.15) is 0 Å². The number of rotatable bonds is 11. The van der Waals surface area contributed by atoms with E-state index >= 15 is 0 Å². The minimum Gasteiger partial charge on any atom is -0.497 e. The molecule has 0 spiro atoms. The van der Waals surface area contributed by atoms with Crippen molar-refractivity contribution in [3.8, 4) is 5.75 Å². The molecule has 0 aliphatic heterocycles. The number of amides is 2. The summed E-state index contributed by atoms with van der Waals surface area (Å²) in [6, 6.07) is 19.2. The number of nitrogens with zero attached hydrogens (tertiary/aromatic N) is 2. The van der Waals surface area contributed by atoms with E-state index in [2.05, 4.69) is 5.32 Å². The van der Waals surface area contributed by atoms with Gasteiger partial charge in [0.25, 0.3) is 10.0 Å². The lowest BCUT2D eigenvalue weighted by Gasteiger charge is -2.32. The van der Waals surface area contributed by atoms with Crippen LogP contribution < -0.4 is 14.4 Å². The predicted molar refractivity (Wildman–Crippen MR) is 161 cm³/mol. The first-order chi connectivity index (χ1) is 19.6. The van der Waals surface area contributed by atoms with E-state index in [1.165, 1.54) is 24.1 Å². The number of benzene rings is 3. The third kappa shape index (κ3) is 7.40. The number of carbonyl (C=O) groups is 2. The van der Waals surface area contributed by atoms with Crippen molar-refractivity contribution in [2.24, 2.45) is 0 Å². The average molecular weight is 598 g/mol. The van der Waals surface area contributed by atoms with E-state index in [1.54, 1.807) is 67.6 Å². The molecule has 41 heavy (non-hydrogen) atoms. The lowest BCUT2D eigenvalue weighted by atomic mass is 10.1. The topological polar surface area (TPSA) is 96.0 Å². The molecule has 0 unspecified atom stereocenters. The maximum absolute atomic E-state index is 14.1. The summed E-state index contributed by atoms with van der Waals surface area (Å²) in [4.78, 5) is 28.8. The lowest BCUT2D eigenvalue weighted by Crippen LogP contribution is -2.52. The number of ether oxygens (including phenoxy) is 1. The van der Waals surface area contributed by atoms with Crippen LogP contribution >= 0.6 is 11.6 Å². The van der Waals surface area contributed by atoms with Gasteiger partial charge in [-0.1, -0.05) is 60.3 Å². The number of aryl methyl sites for hydroxylation is 1. The molecule has 8 nitrogen and oxygen atoms in total. The van der Waals surface area contributed by atoms with Crippen molar-refractivity contribution in [2.75, 3.05) is 18.0 Å². The van der Waals surface area contributed by atoms with E-state index in [9.17, 15) is 18.0 Å². The molecule has 3 aromatic rings. The van der Waals surface area contributed by atoms with Crippen LogP contribution in [0.2, 0.25) is 5.02 Å². The molecule has 4 rings (SSSR count). The Morgan fingerprint density at radius 1 is 1.00 bits per heavy atom. The second-order valence-corrected chi connectivity index (χ2v) is 12.6. The molecule has 0 heterocycles. The van der Waals surface area contributed by atoms with Gasteiger partial charge in [0.1, 0.15) is 18.3 Å². The number of anilines is 1. The first kappa shape index (κ1) is 30.4. The van der Waals surface area contributed by atoms with Crippen molar-refractivity contribution in [1.29, 1.82) is 0 Å². The molecule has 1 N–H and O–H groups in total. The maximum atomic E-state index is 14.1. The largest absolute Gasteiger partial charge is 0.497 e. The van der Waals surface area contributed by atoms with Gasteiger partial charge in [0.15, 0.2) is 0 Å². The van der Waals surface area contributed by atoms with Crippen LogP contribution in [0.3, 0.4) is 0 Å². The SMILES string of the molecule is COc1ccc(N(CC(=O)N(Cc2ccccc2Cl)[C@@H](C)C(=O)NC2CCCC2)S(=O)(=O)c2ccc(C)cc2)cc1. The highest BCUT2D eigenvalue weighted by molar-refractivity contribution is 7.92. The zero-order valence-electron chi connectivity index (χ0n) is 23.5. The van der Waals surface area contributed by atoms with Crippen molar-refractivity contribution in [2.45, 2.75) is 63.1 Å². The minimum atomic E-state index is -4.15. The van der Waals surface area contributed by atoms with Crippen molar-refractivity contribution >= 4 is 39.1 Å². The molecule has 10 heteroatoms. The third-order valence-electron chi connectivity index (χ3n) is 7.42. The summed E-state index contributed by atoms with van der Waals surface area (Å²) in [5, 5.41) is 3.51.